The molecule has 4 nitrogen and oxygen atoms in total. The Morgan fingerprint density at radius 3 is 2.78 bits per heavy atom. The standard InChI is InChI=1S/C12H14BrFN4/c1-3-15-12-17-16-11(18(12)4-2)8-6-5-7-9(13)10(8)14/h5-7H,3-4H2,1-2H3,(H,15,17). The Balaban J connectivity index is 2.53. The maximum Gasteiger partial charge on any atom is 0.224 e. The minimum atomic E-state index is -0.317. The fourth-order valence-electron chi connectivity index (χ4n) is 1.77. The van der Waals surface area contributed by atoms with Gasteiger partial charge in [0.15, 0.2) is 5.82 Å². The van der Waals surface area contributed by atoms with E-state index in [2.05, 4.69) is 31.4 Å². The summed E-state index contributed by atoms with van der Waals surface area (Å²) < 4.78 is 16.3. The van der Waals surface area contributed by atoms with Crippen LogP contribution in [0.2, 0.25) is 0 Å². The van der Waals surface area contributed by atoms with Crippen molar-refractivity contribution in [2.45, 2.75) is 20.4 Å². The number of hydrogen-bond donors (Lipinski definition) is 1. The second-order valence-corrected chi connectivity index (χ2v) is 4.58. The van der Waals surface area contributed by atoms with Gasteiger partial charge < -0.3 is 5.32 Å². The summed E-state index contributed by atoms with van der Waals surface area (Å²) in [6, 6.07) is 5.15. The Labute approximate surface area is 113 Å². The largest absolute Gasteiger partial charge is 0.355 e. The molecule has 1 aromatic heterocycles. The number of benzene rings is 1. The molecular formula is C12H14BrFN4. The van der Waals surface area contributed by atoms with Gasteiger partial charge in [-0.25, -0.2) is 4.39 Å². The average molecular weight is 313 g/mol. The maximum absolute atomic E-state index is 14.1. The topological polar surface area (TPSA) is 42.7 Å². The van der Waals surface area contributed by atoms with Crippen molar-refractivity contribution >= 4 is 21.9 Å². The van der Waals surface area contributed by atoms with Crippen molar-refractivity contribution in [2.75, 3.05) is 11.9 Å². The van der Waals surface area contributed by atoms with Gasteiger partial charge in [-0.3, -0.25) is 4.57 Å². The van der Waals surface area contributed by atoms with Gasteiger partial charge in [-0.15, -0.1) is 10.2 Å². The monoisotopic (exact) mass is 312 g/mol. The van der Waals surface area contributed by atoms with Crippen LogP contribution in [0.1, 0.15) is 13.8 Å². The van der Waals surface area contributed by atoms with Crippen LogP contribution in [-0.2, 0) is 6.54 Å². The highest BCUT2D eigenvalue weighted by Crippen LogP contribution is 2.27. The fraction of sp³-hybridized carbons (Fsp3) is 0.333. The third-order valence-electron chi connectivity index (χ3n) is 2.59. The number of nitrogens with one attached hydrogen (secondary N) is 1. The molecule has 0 aliphatic carbocycles. The minimum Gasteiger partial charge on any atom is -0.355 e. The second-order valence-electron chi connectivity index (χ2n) is 3.72. The number of aromatic nitrogens is 3. The van der Waals surface area contributed by atoms with Crippen LogP contribution >= 0.6 is 15.9 Å². The van der Waals surface area contributed by atoms with Crippen molar-refractivity contribution in [1.29, 1.82) is 0 Å². The van der Waals surface area contributed by atoms with Crippen LogP contribution < -0.4 is 5.32 Å². The number of halogens is 2. The van der Waals surface area contributed by atoms with E-state index < -0.39 is 0 Å². The molecule has 1 heterocycles. The van der Waals surface area contributed by atoms with Gasteiger partial charge in [-0.05, 0) is 41.9 Å². The summed E-state index contributed by atoms with van der Waals surface area (Å²) in [7, 11) is 0. The van der Waals surface area contributed by atoms with E-state index in [1.165, 1.54) is 0 Å². The summed E-state index contributed by atoms with van der Waals surface area (Å²) in [5, 5.41) is 11.2. The molecule has 1 aromatic carbocycles. The van der Waals surface area contributed by atoms with Crippen molar-refractivity contribution < 1.29 is 4.39 Å². The molecule has 0 atom stereocenters. The zero-order chi connectivity index (χ0) is 13.1. The van der Waals surface area contributed by atoms with Gasteiger partial charge in [-0.1, -0.05) is 6.07 Å². The summed E-state index contributed by atoms with van der Waals surface area (Å²) >= 11 is 3.18. The summed E-state index contributed by atoms with van der Waals surface area (Å²) in [6.45, 7) is 5.38. The van der Waals surface area contributed by atoms with E-state index in [0.717, 1.165) is 6.54 Å². The molecule has 2 aromatic rings. The molecular weight excluding hydrogens is 299 g/mol. The molecule has 0 amide bonds. The molecule has 0 aliphatic rings. The van der Waals surface area contributed by atoms with E-state index in [4.69, 9.17) is 0 Å². The predicted octanol–water partition coefficient (Wildman–Crippen LogP) is 3.30. The molecule has 0 spiro atoms. The van der Waals surface area contributed by atoms with Crippen molar-refractivity contribution in [3.63, 3.8) is 0 Å². The lowest BCUT2D eigenvalue weighted by atomic mass is 10.2. The van der Waals surface area contributed by atoms with Crippen LogP contribution in [0.25, 0.3) is 11.4 Å². The predicted molar refractivity (Wildman–Crippen MR) is 73.0 cm³/mol. The molecule has 0 saturated carbocycles. The quantitative estimate of drug-likeness (QED) is 0.942. The van der Waals surface area contributed by atoms with Crippen molar-refractivity contribution in [3.8, 4) is 11.4 Å². The van der Waals surface area contributed by atoms with Crippen LogP contribution in [0.5, 0.6) is 0 Å². The van der Waals surface area contributed by atoms with Gasteiger partial charge >= 0.3 is 0 Å². The van der Waals surface area contributed by atoms with Crippen LogP contribution in [0.4, 0.5) is 10.3 Å². The van der Waals surface area contributed by atoms with Crippen molar-refractivity contribution in [1.82, 2.24) is 14.8 Å². The highest BCUT2D eigenvalue weighted by atomic mass is 79.9. The Morgan fingerprint density at radius 1 is 1.33 bits per heavy atom. The van der Waals surface area contributed by atoms with Crippen molar-refractivity contribution in [2.24, 2.45) is 0 Å². The molecule has 96 valence electrons. The number of rotatable bonds is 4. The lowest BCUT2D eigenvalue weighted by molar-refractivity contribution is 0.621. The zero-order valence-electron chi connectivity index (χ0n) is 10.2. The molecule has 0 unspecified atom stereocenters. The lowest BCUT2D eigenvalue weighted by Gasteiger charge is -2.09. The Hall–Kier alpha value is -1.43. The van der Waals surface area contributed by atoms with Crippen molar-refractivity contribution in [3.05, 3.63) is 28.5 Å². The van der Waals surface area contributed by atoms with Crippen LogP contribution in [0, 0.1) is 5.82 Å². The number of anilines is 1. The highest BCUT2D eigenvalue weighted by molar-refractivity contribution is 9.10. The van der Waals surface area contributed by atoms with Gasteiger partial charge in [0.1, 0.15) is 5.82 Å². The third-order valence-corrected chi connectivity index (χ3v) is 3.21. The van der Waals surface area contributed by atoms with Crippen LogP contribution in [0.3, 0.4) is 0 Å². The van der Waals surface area contributed by atoms with E-state index in [0.29, 0.717) is 28.4 Å². The average Bonchev–Trinajstić information content (AvgIpc) is 2.76. The molecule has 18 heavy (non-hydrogen) atoms. The van der Waals surface area contributed by atoms with Gasteiger partial charge in [0.25, 0.3) is 0 Å². The highest BCUT2D eigenvalue weighted by Gasteiger charge is 2.16. The minimum absolute atomic E-state index is 0.317. The van der Waals surface area contributed by atoms with Gasteiger partial charge in [0.05, 0.1) is 10.0 Å². The van der Waals surface area contributed by atoms with E-state index in [-0.39, 0.29) is 5.82 Å². The molecule has 0 aliphatic heterocycles. The van der Waals surface area contributed by atoms with E-state index in [1.807, 2.05) is 18.4 Å². The summed E-state index contributed by atoms with van der Waals surface area (Å²) in [5.41, 5.74) is 0.447. The van der Waals surface area contributed by atoms with Gasteiger partial charge in [-0.2, -0.15) is 0 Å². The Morgan fingerprint density at radius 2 is 2.11 bits per heavy atom. The van der Waals surface area contributed by atoms with E-state index >= 15 is 0 Å². The normalized spacial score (nSPS) is 10.7. The number of hydrogen-bond acceptors (Lipinski definition) is 3. The molecule has 0 bridgehead atoms. The molecule has 1 N–H and O–H groups in total. The molecule has 0 fully saturated rings. The fourth-order valence-corrected chi connectivity index (χ4v) is 2.13. The van der Waals surface area contributed by atoms with Crippen LogP contribution in [0.15, 0.2) is 22.7 Å². The Bertz CT molecular complexity index is 553. The third kappa shape index (κ3) is 2.25. The first-order chi connectivity index (χ1) is 8.69. The summed E-state index contributed by atoms with van der Waals surface area (Å²) in [5.74, 6) is 0.879. The second kappa shape index (κ2) is 5.48. The SMILES string of the molecule is CCNc1nnc(-c2cccc(Br)c2F)n1CC. The first kappa shape index (κ1) is 13.0. The first-order valence-electron chi connectivity index (χ1n) is 5.80. The van der Waals surface area contributed by atoms with Crippen LogP contribution in [-0.4, -0.2) is 21.3 Å². The molecule has 6 heteroatoms. The molecule has 2 rings (SSSR count). The number of nitrogens with zero attached hydrogens (tertiary/aromatic N) is 3. The first-order valence-corrected chi connectivity index (χ1v) is 6.59. The van der Waals surface area contributed by atoms with E-state index in [1.54, 1.807) is 18.2 Å². The van der Waals surface area contributed by atoms with Gasteiger partial charge in [0.2, 0.25) is 5.95 Å². The molecule has 0 radical (unpaired) electrons. The summed E-state index contributed by atoms with van der Waals surface area (Å²) in [6.07, 6.45) is 0. The summed E-state index contributed by atoms with van der Waals surface area (Å²) in [4.78, 5) is 0. The smallest absolute Gasteiger partial charge is 0.224 e. The lowest BCUT2D eigenvalue weighted by Crippen LogP contribution is -2.07. The van der Waals surface area contributed by atoms with Gasteiger partial charge in [0, 0.05) is 13.1 Å². The van der Waals surface area contributed by atoms with E-state index in [9.17, 15) is 4.39 Å². The maximum atomic E-state index is 14.1. The molecule has 0 saturated heterocycles. The zero-order valence-corrected chi connectivity index (χ0v) is 11.8. The Kier molecular flexibility index (Phi) is 3.96.